The number of nitrogens with zero attached hydrogens (tertiary/aromatic N) is 2. The molecule has 1 aromatic heterocycles. The molecular formula is C31H26FN3O3. The number of non-ortho nitro benzene ring substituents is 1. The summed E-state index contributed by atoms with van der Waals surface area (Å²) in [6.45, 7) is 0.919. The van der Waals surface area contributed by atoms with Gasteiger partial charge in [0.05, 0.1) is 4.92 Å². The van der Waals surface area contributed by atoms with Crippen molar-refractivity contribution < 1.29 is 14.1 Å². The van der Waals surface area contributed by atoms with Gasteiger partial charge in [-0.2, -0.15) is 0 Å². The molecule has 1 amide bonds. The van der Waals surface area contributed by atoms with Crippen molar-refractivity contribution in [2.75, 3.05) is 0 Å². The Labute approximate surface area is 219 Å². The lowest BCUT2D eigenvalue weighted by molar-refractivity contribution is -0.384. The van der Waals surface area contributed by atoms with Crippen molar-refractivity contribution in [2.24, 2.45) is 0 Å². The molecule has 5 rings (SSSR count). The fourth-order valence-electron chi connectivity index (χ4n) is 4.80. The van der Waals surface area contributed by atoms with Gasteiger partial charge in [0.25, 0.3) is 5.69 Å². The fraction of sp³-hybridized carbons (Fsp3) is 0.129. The van der Waals surface area contributed by atoms with Gasteiger partial charge in [-0.1, -0.05) is 72.8 Å². The van der Waals surface area contributed by atoms with Crippen LogP contribution in [0.15, 0.2) is 109 Å². The van der Waals surface area contributed by atoms with Crippen LogP contribution in [-0.4, -0.2) is 15.4 Å². The van der Waals surface area contributed by atoms with E-state index in [0.717, 1.165) is 22.2 Å². The molecular weight excluding hydrogens is 481 g/mol. The van der Waals surface area contributed by atoms with E-state index in [-0.39, 0.29) is 18.0 Å². The summed E-state index contributed by atoms with van der Waals surface area (Å²) in [4.78, 5) is 24.3. The number of carbonyl (C=O) groups is 1. The maximum Gasteiger partial charge on any atom is 0.270 e. The van der Waals surface area contributed by atoms with Gasteiger partial charge >= 0.3 is 0 Å². The van der Waals surface area contributed by atoms with Crippen molar-refractivity contribution in [3.8, 4) is 0 Å². The fourth-order valence-corrected chi connectivity index (χ4v) is 4.80. The van der Waals surface area contributed by atoms with Crippen molar-refractivity contribution in [3.05, 3.63) is 148 Å². The van der Waals surface area contributed by atoms with E-state index in [4.69, 9.17) is 0 Å². The number of hydrogen-bond acceptors (Lipinski definition) is 3. The number of aromatic nitrogens is 1. The third-order valence-corrected chi connectivity index (χ3v) is 6.65. The second-order valence-corrected chi connectivity index (χ2v) is 9.23. The summed E-state index contributed by atoms with van der Waals surface area (Å²) in [6.07, 6.45) is 1.99. The Morgan fingerprint density at radius 3 is 2.29 bits per heavy atom. The van der Waals surface area contributed by atoms with Gasteiger partial charge in [-0.25, -0.2) is 4.39 Å². The van der Waals surface area contributed by atoms with Crippen LogP contribution in [-0.2, 0) is 17.9 Å². The second-order valence-electron chi connectivity index (χ2n) is 9.23. The van der Waals surface area contributed by atoms with Crippen LogP contribution in [0.3, 0.4) is 0 Å². The van der Waals surface area contributed by atoms with Gasteiger partial charge in [-0.05, 0) is 40.5 Å². The molecule has 38 heavy (non-hydrogen) atoms. The highest BCUT2D eigenvalue weighted by atomic mass is 19.1. The molecule has 0 bridgehead atoms. The summed E-state index contributed by atoms with van der Waals surface area (Å²) in [5, 5.41) is 15.2. The first kappa shape index (κ1) is 24.9. The van der Waals surface area contributed by atoms with Crippen molar-refractivity contribution in [1.29, 1.82) is 0 Å². The smallest absolute Gasteiger partial charge is 0.270 e. The average molecular weight is 508 g/mol. The number of nitro groups is 1. The summed E-state index contributed by atoms with van der Waals surface area (Å²) in [7, 11) is 0. The van der Waals surface area contributed by atoms with Crippen LogP contribution in [0.25, 0.3) is 10.9 Å². The van der Waals surface area contributed by atoms with Gasteiger partial charge in [0, 0.05) is 54.7 Å². The first-order chi connectivity index (χ1) is 18.5. The quantitative estimate of drug-likeness (QED) is 0.181. The number of fused-ring (bicyclic) bond motifs is 1. The van der Waals surface area contributed by atoms with Crippen LogP contribution in [0.5, 0.6) is 0 Å². The third-order valence-electron chi connectivity index (χ3n) is 6.65. The second kappa shape index (κ2) is 11.1. The molecule has 7 heteroatoms. The van der Waals surface area contributed by atoms with E-state index >= 15 is 0 Å². The number of halogens is 1. The van der Waals surface area contributed by atoms with Gasteiger partial charge in [0.2, 0.25) is 5.91 Å². The molecule has 1 atom stereocenters. The maximum atomic E-state index is 14.3. The molecule has 4 aromatic carbocycles. The van der Waals surface area contributed by atoms with Crippen LogP contribution in [0.1, 0.15) is 34.6 Å². The molecule has 0 saturated heterocycles. The highest BCUT2D eigenvalue weighted by molar-refractivity contribution is 5.88. The van der Waals surface area contributed by atoms with E-state index in [9.17, 15) is 19.3 Å². The van der Waals surface area contributed by atoms with E-state index in [1.165, 1.54) is 18.2 Å². The summed E-state index contributed by atoms with van der Waals surface area (Å²) in [5.41, 5.74) is 4.17. The third kappa shape index (κ3) is 5.62. The molecule has 0 saturated carbocycles. The number of nitro benzene ring substituents is 1. The summed E-state index contributed by atoms with van der Waals surface area (Å²) in [5.74, 6) is -1.11. The van der Waals surface area contributed by atoms with Gasteiger partial charge in [0.15, 0.2) is 0 Å². The Bertz CT molecular complexity index is 1580. The molecule has 0 fully saturated rings. The number of carbonyl (C=O) groups excluding carboxylic acids is 1. The van der Waals surface area contributed by atoms with Gasteiger partial charge in [-0.15, -0.1) is 0 Å². The largest absolute Gasteiger partial charge is 0.352 e. The Morgan fingerprint density at radius 2 is 1.61 bits per heavy atom. The van der Waals surface area contributed by atoms with Crippen molar-refractivity contribution in [1.82, 2.24) is 9.88 Å². The van der Waals surface area contributed by atoms with Crippen molar-refractivity contribution >= 4 is 22.5 Å². The lowest BCUT2D eigenvalue weighted by atomic mass is 9.88. The van der Waals surface area contributed by atoms with Crippen molar-refractivity contribution in [3.63, 3.8) is 0 Å². The SMILES string of the molecule is O=C(C[C@@H](c1cccc(F)c1)c1cn(Cc2ccccc2)c2ccc([N+](=O)[O-])cc12)NCc1ccccc1. The monoisotopic (exact) mass is 507 g/mol. The highest BCUT2D eigenvalue weighted by Crippen LogP contribution is 2.37. The minimum Gasteiger partial charge on any atom is -0.352 e. The molecule has 190 valence electrons. The minimum atomic E-state index is -0.511. The van der Waals surface area contributed by atoms with Crippen molar-refractivity contribution in [2.45, 2.75) is 25.4 Å². The number of benzene rings is 4. The minimum absolute atomic E-state index is 0.0391. The summed E-state index contributed by atoms with van der Waals surface area (Å²) < 4.78 is 16.4. The predicted molar refractivity (Wildman–Crippen MR) is 145 cm³/mol. The number of rotatable bonds is 9. The Morgan fingerprint density at radius 1 is 0.895 bits per heavy atom. The maximum absolute atomic E-state index is 14.3. The molecule has 5 aromatic rings. The predicted octanol–water partition coefficient (Wildman–Crippen LogP) is 6.58. The summed E-state index contributed by atoms with van der Waals surface area (Å²) in [6, 6.07) is 30.4. The van der Waals surface area contributed by atoms with E-state index in [0.29, 0.717) is 24.0 Å². The number of hydrogen-bond donors (Lipinski definition) is 1. The zero-order chi connectivity index (χ0) is 26.5. The van der Waals surface area contributed by atoms with E-state index in [1.54, 1.807) is 24.3 Å². The summed E-state index contributed by atoms with van der Waals surface area (Å²) >= 11 is 0. The normalized spacial score (nSPS) is 11.8. The standard InChI is InChI=1S/C31H26FN3O3/c32-25-13-7-12-24(16-25)27(18-31(36)33-19-22-8-3-1-4-9-22)29-21-34(20-23-10-5-2-6-11-23)30-15-14-26(35(37)38)17-28(29)30/h1-17,21,27H,18-20H2,(H,33,36)/t27-/m0/s1. The van der Waals surface area contributed by atoms with Gasteiger partial charge in [0.1, 0.15) is 5.82 Å². The van der Waals surface area contributed by atoms with Crippen LogP contribution >= 0.6 is 0 Å². The van der Waals surface area contributed by atoms with E-state index in [2.05, 4.69) is 5.32 Å². The first-order valence-corrected chi connectivity index (χ1v) is 12.3. The van der Waals surface area contributed by atoms with Crippen LogP contribution in [0.4, 0.5) is 10.1 Å². The van der Waals surface area contributed by atoms with Gasteiger partial charge < -0.3 is 9.88 Å². The highest BCUT2D eigenvalue weighted by Gasteiger charge is 2.24. The Kier molecular flexibility index (Phi) is 7.26. The molecule has 0 aliphatic carbocycles. The molecule has 0 spiro atoms. The van der Waals surface area contributed by atoms with Crippen LogP contribution in [0, 0.1) is 15.9 Å². The number of nitrogens with one attached hydrogen (secondary N) is 1. The van der Waals surface area contributed by atoms with Crippen LogP contribution in [0.2, 0.25) is 0 Å². The zero-order valence-corrected chi connectivity index (χ0v) is 20.6. The van der Waals surface area contributed by atoms with Gasteiger partial charge in [-0.3, -0.25) is 14.9 Å². The molecule has 6 nitrogen and oxygen atoms in total. The lowest BCUT2D eigenvalue weighted by Crippen LogP contribution is -2.25. The molecule has 0 radical (unpaired) electrons. The Balaban J connectivity index is 1.57. The topological polar surface area (TPSA) is 77.2 Å². The molecule has 1 heterocycles. The van der Waals surface area contributed by atoms with E-state index in [1.807, 2.05) is 71.4 Å². The molecule has 0 aliphatic rings. The first-order valence-electron chi connectivity index (χ1n) is 12.3. The molecule has 1 N–H and O–H groups in total. The van der Waals surface area contributed by atoms with Crippen LogP contribution < -0.4 is 5.32 Å². The zero-order valence-electron chi connectivity index (χ0n) is 20.6. The molecule has 0 unspecified atom stereocenters. The van der Waals surface area contributed by atoms with E-state index < -0.39 is 16.7 Å². The Hall–Kier alpha value is -4.78. The average Bonchev–Trinajstić information content (AvgIpc) is 3.28. The lowest BCUT2D eigenvalue weighted by Gasteiger charge is -2.17. The number of amides is 1. The molecule has 0 aliphatic heterocycles.